The highest BCUT2D eigenvalue weighted by Crippen LogP contribution is 2.37. The number of nitrogens with zero attached hydrogens (tertiary/aromatic N) is 2. The minimum atomic E-state index is -0.278. The third-order valence-electron chi connectivity index (χ3n) is 8.17. The van der Waals surface area contributed by atoms with Crippen molar-refractivity contribution in [1.82, 2.24) is 19.9 Å². The summed E-state index contributed by atoms with van der Waals surface area (Å²) in [5, 5.41) is 0. The highest BCUT2D eigenvalue weighted by atomic mass is 16.5. The minimum absolute atomic E-state index is 0.237. The molecule has 216 valence electrons. The molecule has 0 radical (unpaired) electrons. The second-order valence-corrected chi connectivity index (χ2v) is 10.7. The van der Waals surface area contributed by atoms with Gasteiger partial charge in [-0.1, -0.05) is 12.7 Å². The first kappa shape index (κ1) is 28.8. The van der Waals surface area contributed by atoms with Crippen LogP contribution in [-0.2, 0) is 19.1 Å². The Balaban J connectivity index is 1.84. The van der Waals surface area contributed by atoms with Crippen molar-refractivity contribution in [2.75, 3.05) is 14.2 Å². The maximum atomic E-state index is 12.1. The van der Waals surface area contributed by atoms with E-state index in [4.69, 9.17) is 19.4 Å². The highest BCUT2D eigenvalue weighted by molar-refractivity contribution is 5.96. The van der Waals surface area contributed by atoms with Crippen LogP contribution < -0.4 is 0 Å². The highest BCUT2D eigenvalue weighted by Gasteiger charge is 2.22. The molecule has 0 aliphatic carbocycles. The molecular formula is C34H36N4O4. The van der Waals surface area contributed by atoms with E-state index in [2.05, 4.69) is 42.5 Å². The molecule has 0 spiro atoms. The molecule has 3 aromatic heterocycles. The number of nitrogens with one attached hydrogen (secondary N) is 2. The van der Waals surface area contributed by atoms with Gasteiger partial charge in [0.25, 0.3) is 0 Å². The lowest BCUT2D eigenvalue weighted by Crippen LogP contribution is -2.01. The van der Waals surface area contributed by atoms with Gasteiger partial charge in [-0.3, -0.25) is 9.59 Å². The first-order valence-electron chi connectivity index (χ1n) is 14.0. The summed E-state index contributed by atoms with van der Waals surface area (Å²) < 4.78 is 9.85. The fourth-order valence-electron chi connectivity index (χ4n) is 5.63. The zero-order valence-electron chi connectivity index (χ0n) is 25.0. The summed E-state index contributed by atoms with van der Waals surface area (Å²) in [5.41, 5.74) is 14.1. The number of hydrogen-bond donors (Lipinski definition) is 2. The molecular weight excluding hydrogens is 528 g/mol. The van der Waals surface area contributed by atoms with Crippen LogP contribution in [-0.4, -0.2) is 46.1 Å². The van der Waals surface area contributed by atoms with E-state index in [0.29, 0.717) is 12.8 Å². The van der Waals surface area contributed by atoms with Crippen molar-refractivity contribution in [2.24, 2.45) is 0 Å². The van der Waals surface area contributed by atoms with E-state index in [0.717, 1.165) is 83.8 Å². The quantitative estimate of drug-likeness (QED) is 0.291. The predicted octanol–water partition coefficient (Wildman–Crippen LogP) is 7.34. The molecule has 3 aromatic rings. The molecule has 0 saturated carbocycles. The Morgan fingerprint density at radius 1 is 0.738 bits per heavy atom. The number of methoxy groups -OCH3 is 2. The van der Waals surface area contributed by atoms with E-state index in [1.54, 1.807) is 0 Å². The number of aromatic nitrogens is 4. The molecule has 2 N–H and O–H groups in total. The maximum absolute atomic E-state index is 12.1. The molecule has 0 fully saturated rings. The van der Waals surface area contributed by atoms with Gasteiger partial charge in [0.1, 0.15) is 0 Å². The second kappa shape index (κ2) is 11.6. The summed E-state index contributed by atoms with van der Waals surface area (Å²) in [4.78, 5) is 41.4. The molecule has 0 amide bonds. The Bertz CT molecular complexity index is 1850. The largest absolute Gasteiger partial charge is 0.469 e. The number of esters is 2. The number of allylic oxidation sites excluding steroid dienone is 4. The van der Waals surface area contributed by atoms with Gasteiger partial charge in [0.2, 0.25) is 0 Å². The zero-order chi connectivity index (χ0) is 30.1. The lowest BCUT2D eigenvalue weighted by Gasteiger charge is -2.06. The number of aromatic amines is 2. The fraction of sp³-hybridized carbons (Fsp3) is 0.294. The van der Waals surface area contributed by atoms with Crippen LogP contribution in [0.2, 0.25) is 0 Å². The number of carbonyl (C=O) groups excluding carboxylic acids is 2. The van der Waals surface area contributed by atoms with Crippen LogP contribution in [0.25, 0.3) is 50.4 Å². The second-order valence-electron chi connectivity index (χ2n) is 10.7. The van der Waals surface area contributed by atoms with Gasteiger partial charge < -0.3 is 19.4 Å². The van der Waals surface area contributed by atoms with Gasteiger partial charge in [-0.25, -0.2) is 9.97 Å². The summed E-state index contributed by atoms with van der Waals surface area (Å²) in [6.07, 6.45) is 3.31. The zero-order valence-corrected chi connectivity index (χ0v) is 25.0. The molecule has 0 unspecified atom stereocenters. The Morgan fingerprint density at radius 3 is 1.86 bits per heavy atom. The Hall–Kier alpha value is -4.72. The molecule has 2 aliphatic heterocycles. The SMILES string of the molecule is C=Cc1c(C)c2cc3nc(cc4nc(cc5cc(C)c(cc1[nH]2)[nH]5)C(C)=C4CCC(=O)OC)C(CCC(=O)OC)=C3C. The van der Waals surface area contributed by atoms with Gasteiger partial charge in [0.15, 0.2) is 0 Å². The molecule has 5 heterocycles. The van der Waals surface area contributed by atoms with Gasteiger partial charge in [-0.15, -0.1) is 0 Å². The molecule has 8 heteroatoms. The third kappa shape index (κ3) is 5.44. The monoisotopic (exact) mass is 564 g/mol. The van der Waals surface area contributed by atoms with Crippen molar-refractivity contribution in [2.45, 2.75) is 53.4 Å². The van der Waals surface area contributed by atoms with E-state index in [9.17, 15) is 9.59 Å². The van der Waals surface area contributed by atoms with E-state index in [1.165, 1.54) is 14.2 Å². The normalized spacial score (nSPS) is 13.0. The van der Waals surface area contributed by atoms with Crippen LogP contribution in [0.5, 0.6) is 0 Å². The number of carbonyl (C=O) groups is 2. The first-order valence-corrected chi connectivity index (χ1v) is 14.0. The number of aryl methyl sites for hydroxylation is 2. The molecule has 42 heavy (non-hydrogen) atoms. The Morgan fingerprint density at radius 2 is 1.31 bits per heavy atom. The summed E-state index contributed by atoms with van der Waals surface area (Å²) >= 11 is 0. The Kier molecular flexibility index (Phi) is 7.98. The molecule has 0 atom stereocenters. The van der Waals surface area contributed by atoms with Crippen molar-refractivity contribution in [3.8, 4) is 0 Å². The molecule has 8 bridgehead atoms. The topological polar surface area (TPSA) is 110 Å². The standard InChI is InChI=1S/C34H36N4O4/c1-8-23-19(3)28-16-29-21(5)25(10-12-34(40)42-7)32(38-29)17-31-24(9-11-33(39)41-6)20(4)27(36-31)14-22-13-18(2)26(35-22)15-30(23)37-28/h8,13-17,35,37H,1,9-12H2,2-7H3. The molecule has 5 rings (SSSR count). The van der Waals surface area contributed by atoms with Crippen LogP contribution in [0.1, 0.15) is 79.0 Å². The van der Waals surface area contributed by atoms with Crippen molar-refractivity contribution in [3.63, 3.8) is 0 Å². The maximum Gasteiger partial charge on any atom is 0.305 e. The van der Waals surface area contributed by atoms with Crippen molar-refractivity contribution in [3.05, 3.63) is 76.4 Å². The minimum Gasteiger partial charge on any atom is -0.469 e. The Labute approximate surface area is 245 Å². The van der Waals surface area contributed by atoms with Crippen molar-refractivity contribution < 1.29 is 19.1 Å². The lowest BCUT2D eigenvalue weighted by atomic mass is 9.98. The number of H-pyrrole nitrogens is 2. The van der Waals surface area contributed by atoms with Gasteiger partial charge in [-0.05, 0) is 104 Å². The average molecular weight is 565 g/mol. The molecule has 8 nitrogen and oxygen atoms in total. The summed E-state index contributed by atoms with van der Waals surface area (Å²) in [6, 6.07) is 10.3. The van der Waals surface area contributed by atoms with Gasteiger partial charge >= 0.3 is 11.9 Å². The van der Waals surface area contributed by atoms with E-state index >= 15 is 0 Å². The number of hydrogen-bond acceptors (Lipinski definition) is 6. The van der Waals surface area contributed by atoms with Crippen molar-refractivity contribution >= 4 is 62.4 Å². The number of ether oxygens (including phenoxy) is 2. The first-order chi connectivity index (χ1) is 20.1. The summed E-state index contributed by atoms with van der Waals surface area (Å²) in [5.74, 6) is -0.553. The van der Waals surface area contributed by atoms with E-state index < -0.39 is 0 Å². The summed E-state index contributed by atoms with van der Waals surface area (Å²) in [6.45, 7) is 12.3. The van der Waals surface area contributed by atoms with E-state index in [1.807, 2.05) is 38.1 Å². The molecule has 2 aliphatic rings. The smallest absolute Gasteiger partial charge is 0.305 e. The lowest BCUT2D eigenvalue weighted by molar-refractivity contribution is -0.141. The van der Waals surface area contributed by atoms with Gasteiger partial charge in [0.05, 0.1) is 37.0 Å². The number of fused-ring (bicyclic) bond motifs is 8. The third-order valence-corrected chi connectivity index (χ3v) is 8.17. The summed E-state index contributed by atoms with van der Waals surface area (Å²) in [7, 11) is 2.79. The van der Waals surface area contributed by atoms with Crippen LogP contribution in [0.15, 0.2) is 36.9 Å². The number of rotatable bonds is 7. The molecule has 0 aromatic carbocycles. The van der Waals surface area contributed by atoms with Crippen LogP contribution >= 0.6 is 0 Å². The van der Waals surface area contributed by atoms with E-state index in [-0.39, 0.29) is 24.8 Å². The van der Waals surface area contributed by atoms with Crippen LogP contribution in [0.3, 0.4) is 0 Å². The fourth-order valence-corrected chi connectivity index (χ4v) is 5.63. The van der Waals surface area contributed by atoms with Crippen LogP contribution in [0.4, 0.5) is 0 Å². The van der Waals surface area contributed by atoms with Crippen molar-refractivity contribution in [1.29, 1.82) is 0 Å². The van der Waals surface area contributed by atoms with Gasteiger partial charge in [-0.2, -0.15) is 0 Å². The predicted molar refractivity (Wildman–Crippen MR) is 168 cm³/mol. The average Bonchev–Trinajstić information content (AvgIpc) is 3.65. The molecule has 0 saturated heterocycles. The van der Waals surface area contributed by atoms with Gasteiger partial charge in [0, 0.05) is 40.5 Å². The van der Waals surface area contributed by atoms with Crippen LogP contribution in [0, 0.1) is 13.8 Å².